The summed E-state index contributed by atoms with van der Waals surface area (Å²) in [6.45, 7) is 10.3. The van der Waals surface area contributed by atoms with E-state index in [4.69, 9.17) is 43.3 Å². The van der Waals surface area contributed by atoms with Crippen molar-refractivity contribution in [3.8, 4) is 0 Å². The van der Waals surface area contributed by atoms with Gasteiger partial charge in [0, 0.05) is 36.4 Å². The minimum Gasteiger partial charge on any atom is -0.480 e. The van der Waals surface area contributed by atoms with Crippen LogP contribution in [0, 0.1) is 17.2 Å². The van der Waals surface area contributed by atoms with Crippen LogP contribution in [-0.2, 0) is 28.7 Å². The molecule has 0 aromatic heterocycles. The number of nitrogens with one attached hydrogen (secondary N) is 4. The van der Waals surface area contributed by atoms with Crippen molar-refractivity contribution in [1.29, 1.82) is 5.53 Å². The number of hydrogen-bond donors (Lipinski definition) is 5. The van der Waals surface area contributed by atoms with E-state index in [1.54, 1.807) is 53.7 Å². The third-order valence-electron chi connectivity index (χ3n) is 6.06. The molecule has 0 aliphatic carbocycles. The van der Waals surface area contributed by atoms with Gasteiger partial charge in [0.2, 0.25) is 11.8 Å². The van der Waals surface area contributed by atoms with Crippen LogP contribution in [0.1, 0.15) is 87.8 Å². The quantitative estimate of drug-likeness (QED) is 0.0715. The molecule has 0 aliphatic heterocycles. The van der Waals surface area contributed by atoms with Gasteiger partial charge in [0.15, 0.2) is 6.04 Å². The molecular formula is C38H57Cl2F2N5O9. The Kier molecular flexibility index (Phi) is 28.5. The Morgan fingerprint density at radius 2 is 1.20 bits per heavy atom. The molecule has 14 nitrogen and oxygen atoms in total. The van der Waals surface area contributed by atoms with Crippen LogP contribution in [0.25, 0.3) is 12.2 Å². The molecule has 18 heteroatoms. The molecule has 0 aliphatic rings. The van der Waals surface area contributed by atoms with E-state index in [0.29, 0.717) is 0 Å². The summed E-state index contributed by atoms with van der Waals surface area (Å²) >= 11 is 11.3. The number of aliphatic carboxylic acids is 1. The number of benzene rings is 2. The average molecular weight is 837 g/mol. The van der Waals surface area contributed by atoms with Gasteiger partial charge in [0.05, 0.1) is 10.0 Å². The fourth-order valence-electron chi connectivity index (χ4n) is 3.73. The first kappa shape index (κ1) is 57.8. The van der Waals surface area contributed by atoms with Gasteiger partial charge in [-0.3, -0.25) is 9.59 Å². The Bertz CT molecular complexity index is 1650. The SMILES string of the molecule is C.C.C.CC(C)(C)OC(=O)N[C@@H](CCNC(=O)/C=C/c1cccc(Cl)c1F)C(=O)OC(C)(C)C.N=N[C@@H](CCNC(=O)/C=C/c1cccc(Cl)c1F)C(=O)O.O. The summed E-state index contributed by atoms with van der Waals surface area (Å²) in [4.78, 5) is 58.6. The minimum absolute atomic E-state index is 0. The number of ether oxygens (including phenoxy) is 2. The van der Waals surface area contributed by atoms with Gasteiger partial charge in [-0.1, -0.05) is 69.7 Å². The number of carbonyl (C=O) groups excluding carboxylic acids is 4. The van der Waals surface area contributed by atoms with Crippen molar-refractivity contribution < 1.29 is 52.8 Å². The third kappa shape index (κ3) is 23.8. The highest BCUT2D eigenvalue weighted by Crippen LogP contribution is 2.20. The highest BCUT2D eigenvalue weighted by molar-refractivity contribution is 6.31. The van der Waals surface area contributed by atoms with Crippen molar-refractivity contribution in [3.63, 3.8) is 0 Å². The van der Waals surface area contributed by atoms with Crippen LogP contribution < -0.4 is 16.0 Å². The number of carboxylic acids is 1. The van der Waals surface area contributed by atoms with Crippen molar-refractivity contribution in [3.05, 3.63) is 81.4 Å². The van der Waals surface area contributed by atoms with Crippen LogP contribution in [0.4, 0.5) is 13.6 Å². The smallest absolute Gasteiger partial charge is 0.408 e. The zero-order valence-electron chi connectivity index (χ0n) is 30.0. The zero-order valence-corrected chi connectivity index (χ0v) is 31.5. The summed E-state index contributed by atoms with van der Waals surface area (Å²) in [5, 5.41) is 18.9. The first-order chi connectivity index (χ1) is 24.1. The molecule has 2 atom stereocenters. The van der Waals surface area contributed by atoms with Crippen molar-refractivity contribution in [1.82, 2.24) is 16.0 Å². The number of alkyl carbamates (subject to hydrolysis) is 1. The van der Waals surface area contributed by atoms with Crippen LogP contribution in [0.5, 0.6) is 0 Å². The number of carboxylic acid groups (broad SMARTS) is 1. The van der Waals surface area contributed by atoms with E-state index in [1.165, 1.54) is 36.4 Å². The van der Waals surface area contributed by atoms with Gasteiger partial charge in [-0.2, -0.15) is 5.11 Å². The lowest BCUT2D eigenvalue weighted by molar-refractivity contribution is -0.157. The fourth-order valence-corrected chi connectivity index (χ4v) is 4.10. The summed E-state index contributed by atoms with van der Waals surface area (Å²) in [5.41, 5.74) is 5.52. The second kappa shape index (κ2) is 27.6. The van der Waals surface area contributed by atoms with E-state index in [-0.39, 0.29) is 74.9 Å². The Morgan fingerprint density at radius 1 is 0.786 bits per heavy atom. The van der Waals surface area contributed by atoms with Gasteiger partial charge < -0.3 is 36.0 Å². The number of hydrogen-bond acceptors (Lipinski definition) is 9. The molecule has 0 heterocycles. The molecule has 56 heavy (non-hydrogen) atoms. The van der Waals surface area contributed by atoms with Crippen LogP contribution in [-0.4, -0.2) is 76.8 Å². The van der Waals surface area contributed by atoms with E-state index < -0.39 is 64.8 Å². The Hall–Kier alpha value is -4.93. The molecule has 0 bridgehead atoms. The molecule has 0 saturated heterocycles. The summed E-state index contributed by atoms with van der Waals surface area (Å²) in [7, 11) is 0. The number of rotatable bonds is 14. The van der Waals surface area contributed by atoms with Gasteiger partial charge >= 0.3 is 18.0 Å². The first-order valence-electron chi connectivity index (χ1n) is 15.7. The van der Waals surface area contributed by atoms with Crippen molar-refractivity contribution in [2.24, 2.45) is 5.11 Å². The molecule has 2 aromatic carbocycles. The maximum Gasteiger partial charge on any atom is 0.408 e. The normalized spacial score (nSPS) is 11.7. The van der Waals surface area contributed by atoms with Gasteiger partial charge in [-0.25, -0.2) is 28.7 Å². The van der Waals surface area contributed by atoms with E-state index in [0.717, 1.165) is 12.2 Å². The van der Waals surface area contributed by atoms with Crippen molar-refractivity contribution in [2.75, 3.05) is 13.1 Å². The Morgan fingerprint density at radius 3 is 1.57 bits per heavy atom. The Labute approximate surface area is 338 Å². The fraction of sp³-hybridized carbons (Fsp3) is 0.447. The lowest BCUT2D eigenvalue weighted by Gasteiger charge is -2.26. The summed E-state index contributed by atoms with van der Waals surface area (Å²) in [6.07, 6.45) is 4.12. The molecule has 0 fully saturated rings. The highest BCUT2D eigenvalue weighted by atomic mass is 35.5. The van der Waals surface area contributed by atoms with Crippen LogP contribution in [0.15, 0.2) is 53.7 Å². The van der Waals surface area contributed by atoms with Gasteiger partial charge in [0.25, 0.3) is 0 Å². The van der Waals surface area contributed by atoms with Crippen molar-refractivity contribution in [2.45, 2.75) is 99.9 Å². The van der Waals surface area contributed by atoms with Gasteiger partial charge in [0.1, 0.15) is 28.9 Å². The first-order valence-corrected chi connectivity index (χ1v) is 16.5. The zero-order chi connectivity index (χ0) is 39.6. The topological polar surface area (TPSA) is 228 Å². The largest absolute Gasteiger partial charge is 0.480 e. The molecule has 0 spiro atoms. The van der Waals surface area contributed by atoms with Crippen molar-refractivity contribution >= 4 is 65.2 Å². The van der Waals surface area contributed by atoms with E-state index in [1.807, 2.05) is 0 Å². The molecule has 2 rings (SSSR count). The number of nitrogens with zero attached hydrogens (tertiary/aromatic N) is 1. The molecule has 0 saturated carbocycles. The summed E-state index contributed by atoms with van der Waals surface area (Å²) in [6, 6.07) is 6.66. The number of carbonyl (C=O) groups is 5. The van der Waals surface area contributed by atoms with Gasteiger partial charge in [-0.05, 0) is 78.7 Å². The number of esters is 1. The number of amides is 3. The maximum atomic E-state index is 13.9. The molecular weight excluding hydrogens is 779 g/mol. The second-order valence-electron chi connectivity index (χ2n) is 12.8. The highest BCUT2D eigenvalue weighted by Gasteiger charge is 2.28. The standard InChI is InChI=1S/C22H30ClFN2O5.C13H13ClFN3O3.3CH4.H2O/c1-21(2,3)30-19(28)16(26-20(29)31-22(4,5)6)12-13-25-17(27)11-10-14-8-7-9-15(23)18(14)24;14-9-3-1-2-8(12(9)15)4-5-11(19)17-7-6-10(18-16)13(20)21;;;;/h7-11,16H,12-13H2,1-6H3,(H,25,27)(H,26,29);1-5,10,16H,6-7H2,(H,17,19)(H,20,21);3*1H4;1H2/b11-10+;5-4+,18-16?;;;;/t16-;10-;;;;/m00..../s1. The predicted molar refractivity (Wildman–Crippen MR) is 216 cm³/mol. The van der Waals surface area contributed by atoms with Crippen LogP contribution in [0.3, 0.4) is 0 Å². The number of halogens is 4. The molecule has 0 radical (unpaired) electrons. The lowest BCUT2D eigenvalue weighted by atomic mass is 10.1. The van der Waals surface area contributed by atoms with E-state index in [2.05, 4.69) is 21.1 Å². The lowest BCUT2D eigenvalue weighted by Crippen LogP contribution is -2.47. The average Bonchev–Trinajstić information content (AvgIpc) is 3.02. The van der Waals surface area contributed by atoms with E-state index >= 15 is 0 Å². The Balaban J connectivity index is -0.000000478. The second-order valence-corrected chi connectivity index (χ2v) is 13.6. The van der Waals surface area contributed by atoms with Gasteiger partial charge in [-0.15, -0.1) is 0 Å². The van der Waals surface area contributed by atoms with Crippen LogP contribution in [0.2, 0.25) is 10.0 Å². The third-order valence-corrected chi connectivity index (χ3v) is 6.65. The maximum absolute atomic E-state index is 13.9. The molecule has 316 valence electrons. The van der Waals surface area contributed by atoms with Crippen LogP contribution >= 0.6 is 23.2 Å². The predicted octanol–water partition coefficient (Wildman–Crippen LogP) is 7.80. The molecule has 3 amide bonds. The molecule has 7 N–H and O–H groups in total. The monoisotopic (exact) mass is 835 g/mol. The summed E-state index contributed by atoms with van der Waals surface area (Å²) < 4.78 is 37.9. The summed E-state index contributed by atoms with van der Waals surface area (Å²) in [5.74, 6) is -4.13. The molecule has 2 aromatic rings. The van der Waals surface area contributed by atoms with E-state index in [9.17, 15) is 32.8 Å². The minimum atomic E-state index is -1.23. The molecule has 0 unspecified atom stereocenters.